The van der Waals surface area contributed by atoms with Crippen molar-refractivity contribution in [2.75, 3.05) is 27.9 Å². The highest BCUT2D eigenvalue weighted by atomic mass is 16.5. The maximum atomic E-state index is 5.70. The van der Waals surface area contributed by atoms with E-state index in [-0.39, 0.29) is 6.04 Å². The van der Waals surface area contributed by atoms with Crippen molar-refractivity contribution in [3.05, 3.63) is 66.4 Å². The molecule has 0 N–H and O–H groups in total. The molecule has 0 saturated carbocycles. The number of methoxy groups -OCH3 is 3. The van der Waals surface area contributed by atoms with Gasteiger partial charge in [-0.2, -0.15) is 4.98 Å². The SMILES string of the molecule is COc1cc(CN2CCCC2c2nc(-c3ccc(-c4ccncc4)nc3)no2)cc(OC)c1OC. The van der Waals surface area contributed by atoms with Gasteiger partial charge in [0.15, 0.2) is 11.5 Å². The van der Waals surface area contributed by atoms with Gasteiger partial charge in [-0.3, -0.25) is 14.9 Å². The standard InChI is InChI=1S/C26H27N5O4/c1-32-22-13-17(14-23(33-2)24(22)34-3)16-31-12-4-5-21(31)26-29-25(30-35-26)19-6-7-20(28-15-19)18-8-10-27-11-9-18/h6-11,13-15,21H,4-5,12,16H2,1-3H3. The van der Waals surface area contributed by atoms with Crippen molar-refractivity contribution in [1.82, 2.24) is 25.0 Å². The molecule has 5 rings (SSSR count). The Kier molecular flexibility index (Phi) is 6.58. The number of nitrogens with zero attached hydrogens (tertiary/aromatic N) is 5. The molecule has 1 aliphatic rings. The van der Waals surface area contributed by atoms with Gasteiger partial charge >= 0.3 is 0 Å². The van der Waals surface area contributed by atoms with Gasteiger partial charge in [0, 0.05) is 36.3 Å². The molecule has 0 radical (unpaired) electrons. The van der Waals surface area contributed by atoms with Crippen molar-refractivity contribution in [1.29, 1.82) is 0 Å². The van der Waals surface area contributed by atoms with Gasteiger partial charge in [-0.1, -0.05) is 5.16 Å². The molecule has 1 saturated heterocycles. The third kappa shape index (κ3) is 4.67. The van der Waals surface area contributed by atoms with Crippen LogP contribution in [0.5, 0.6) is 17.2 Å². The summed E-state index contributed by atoms with van der Waals surface area (Å²) < 4.78 is 22.2. The summed E-state index contributed by atoms with van der Waals surface area (Å²) in [5, 5.41) is 4.23. The van der Waals surface area contributed by atoms with Crippen LogP contribution >= 0.6 is 0 Å². The summed E-state index contributed by atoms with van der Waals surface area (Å²) in [6, 6.07) is 11.8. The van der Waals surface area contributed by atoms with Gasteiger partial charge in [-0.05, 0) is 61.3 Å². The normalized spacial score (nSPS) is 15.8. The molecule has 0 bridgehead atoms. The van der Waals surface area contributed by atoms with Crippen LogP contribution in [0, 0.1) is 0 Å². The van der Waals surface area contributed by atoms with Crippen LogP contribution in [0.1, 0.15) is 30.3 Å². The molecule has 0 aliphatic carbocycles. The lowest BCUT2D eigenvalue weighted by molar-refractivity contribution is 0.200. The zero-order valence-corrected chi connectivity index (χ0v) is 20.0. The summed E-state index contributed by atoms with van der Waals surface area (Å²) in [6.45, 7) is 1.63. The third-order valence-corrected chi connectivity index (χ3v) is 6.20. The van der Waals surface area contributed by atoms with Crippen molar-refractivity contribution in [3.8, 4) is 39.9 Å². The Morgan fingerprint density at radius 1 is 0.971 bits per heavy atom. The summed E-state index contributed by atoms with van der Waals surface area (Å²) in [5.74, 6) is 3.01. The molecule has 1 atom stereocenters. The molecule has 35 heavy (non-hydrogen) atoms. The second kappa shape index (κ2) is 10.1. The van der Waals surface area contributed by atoms with Gasteiger partial charge in [0.05, 0.1) is 33.1 Å². The second-order valence-corrected chi connectivity index (χ2v) is 8.29. The third-order valence-electron chi connectivity index (χ3n) is 6.20. The zero-order valence-electron chi connectivity index (χ0n) is 20.0. The average Bonchev–Trinajstić information content (AvgIpc) is 3.58. The minimum absolute atomic E-state index is 0.0411. The summed E-state index contributed by atoms with van der Waals surface area (Å²) in [5.41, 5.74) is 3.75. The van der Waals surface area contributed by atoms with Crippen LogP contribution in [0.2, 0.25) is 0 Å². The zero-order chi connectivity index (χ0) is 24.2. The van der Waals surface area contributed by atoms with Crippen LogP contribution in [0.3, 0.4) is 0 Å². The summed E-state index contributed by atoms with van der Waals surface area (Å²) in [7, 11) is 4.85. The Hall–Kier alpha value is -3.98. The number of ether oxygens (including phenoxy) is 3. The van der Waals surface area contributed by atoms with Crippen LogP contribution in [0.4, 0.5) is 0 Å². The molecule has 1 aliphatic heterocycles. The van der Waals surface area contributed by atoms with Crippen LogP contribution in [0.25, 0.3) is 22.6 Å². The van der Waals surface area contributed by atoms with Crippen LogP contribution in [-0.2, 0) is 6.54 Å². The van der Waals surface area contributed by atoms with Crippen LogP contribution in [-0.4, -0.2) is 52.9 Å². The predicted molar refractivity (Wildman–Crippen MR) is 129 cm³/mol. The van der Waals surface area contributed by atoms with E-state index in [1.165, 1.54) is 0 Å². The monoisotopic (exact) mass is 473 g/mol. The largest absolute Gasteiger partial charge is 0.493 e. The number of rotatable bonds is 8. The van der Waals surface area contributed by atoms with Crippen molar-refractivity contribution in [2.24, 2.45) is 0 Å². The Labute approximate surface area is 203 Å². The summed E-state index contributed by atoms with van der Waals surface area (Å²) in [6.07, 6.45) is 7.27. The molecule has 4 aromatic rings. The minimum Gasteiger partial charge on any atom is -0.493 e. The van der Waals surface area contributed by atoms with Gasteiger partial charge in [-0.15, -0.1) is 0 Å². The van der Waals surface area contributed by atoms with Gasteiger partial charge in [-0.25, -0.2) is 0 Å². The van der Waals surface area contributed by atoms with Crippen molar-refractivity contribution < 1.29 is 18.7 Å². The van der Waals surface area contributed by atoms with E-state index in [1.54, 1.807) is 39.9 Å². The topological polar surface area (TPSA) is 95.6 Å². The lowest BCUT2D eigenvalue weighted by atomic mass is 10.1. The lowest BCUT2D eigenvalue weighted by Gasteiger charge is -2.22. The highest BCUT2D eigenvalue weighted by Gasteiger charge is 2.31. The van der Waals surface area contributed by atoms with Gasteiger partial charge < -0.3 is 18.7 Å². The number of hydrogen-bond acceptors (Lipinski definition) is 9. The van der Waals surface area contributed by atoms with Crippen molar-refractivity contribution >= 4 is 0 Å². The maximum absolute atomic E-state index is 5.70. The molecule has 1 fully saturated rings. The Morgan fingerprint density at radius 2 is 1.74 bits per heavy atom. The number of hydrogen-bond donors (Lipinski definition) is 0. The van der Waals surface area contributed by atoms with E-state index in [4.69, 9.17) is 23.7 Å². The molecule has 1 unspecified atom stereocenters. The van der Waals surface area contributed by atoms with E-state index in [9.17, 15) is 0 Å². The van der Waals surface area contributed by atoms with Gasteiger partial charge in [0.1, 0.15) is 0 Å². The number of pyridine rings is 2. The molecule has 3 aromatic heterocycles. The first-order valence-electron chi connectivity index (χ1n) is 11.4. The van der Waals surface area contributed by atoms with E-state index in [0.29, 0.717) is 35.5 Å². The Morgan fingerprint density at radius 3 is 2.40 bits per heavy atom. The first-order valence-corrected chi connectivity index (χ1v) is 11.4. The minimum atomic E-state index is 0.0411. The van der Waals surface area contributed by atoms with E-state index >= 15 is 0 Å². The summed E-state index contributed by atoms with van der Waals surface area (Å²) in [4.78, 5) is 15.7. The fourth-order valence-corrected chi connectivity index (χ4v) is 4.46. The van der Waals surface area contributed by atoms with Gasteiger partial charge in [0.25, 0.3) is 0 Å². The maximum Gasteiger partial charge on any atom is 0.244 e. The van der Waals surface area contributed by atoms with Gasteiger partial charge in [0.2, 0.25) is 17.5 Å². The molecule has 9 nitrogen and oxygen atoms in total. The highest BCUT2D eigenvalue weighted by molar-refractivity contribution is 5.62. The van der Waals surface area contributed by atoms with Crippen LogP contribution in [0.15, 0.2) is 59.5 Å². The summed E-state index contributed by atoms with van der Waals surface area (Å²) >= 11 is 0. The number of benzene rings is 1. The average molecular weight is 474 g/mol. The van der Waals surface area contributed by atoms with Crippen molar-refractivity contribution in [2.45, 2.75) is 25.4 Å². The molecular formula is C26H27N5O4. The lowest BCUT2D eigenvalue weighted by Crippen LogP contribution is -2.23. The molecule has 0 amide bonds. The van der Waals surface area contributed by atoms with Crippen LogP contribution < -0.4 is 14.2 Å². The highest BCUT2D eigenvalue weighted by Crippen LogP contribution is 2.40. The Balaban J connectivity index is 1.34. The smallest absolute Gasteiger partial charge is 0.244 e. The number of likely N-dealkylation sites (tertiary alicyclic amines) is 1. The molecule has 180 valence electrons. The fourth-order valence-electron chi connectivity index (χ4n) is 4.46. The first kappa shape index (κ1) is 22.8. The molecule has 0 spiro atoms. The molecule has 1 aromatic carbocycles. The fraction of sp³-hybridized carbons (Fsp3) is 0.308. The van der Waals surface area contributed by atoms with E-state index in [1.807, 2.05) is 36.4 Å². The number of aromatic nitrogens is 4. The second-order valence-electron chi connectivity index (χ2n) is 8.29. The quantitative estimate of drug-likeness (QED) is 0.365. The molecule has 4 heterocycles. The predicted octanol–water partition coefficient (Wildman–Crippen LogP) is 4.56. The van der Waals surface area contributed by atoms with E-state index in [0.717, 1.165) is 41.8 Å². The molecule has 9 heteroatoms. The first-order chi connectivity index (χ1) is 17.2. The van der Waals surface area contributed by atoms with Crippen molar-refractivity contribution in [3.63, 3.8) is 0 Å². The Bertz CT molecular complexity index is 1250. The molecular weight excluding hydrogens is 446 g/mol. The van der Waals surface area contributed by atoms with E-state index < -0.39 is 0 Å². The van der Waals surface area contributed by atoms with E-state index in [2.05, 4.69) is 20.0 Å².